The molecule has 1 fully saturated rings. The molecule has 0 saturated carbocycles. The third-order valence-corrected chi connectivity index (χ3v) is 3.76. The van der Waals surface area contributed by atoms with Crippen LogP contribution in [0.4, 0.5) is 0 Å². The van der Waals surface area contributed by atoms with Gasteiger partial charge in [-0.15, -0.1) is 5.10 Å². The number of aliphatic carboxylic acids is 1. The molecular weight excluding hydrogens is 272 g/mol. The Morgan fingerprint density at radius 1 is 1.52 bits per heavy atom. The zero-order chi connectivity index (χ0) is 15.6. The molecule has 7 heteroatoms. The van der Waals surface area contributed by atoms with Crippen LogP contribution in [0.15, 0.2) is 0 Å². The van der Waals surface area contributed by atoms with Crippen molar-refractivity contribution in [3.05, 3.63) is 5.82 Å². The van der Waals surface area contributed by atoms with Gasteiger partial charge in [0.1, 0.15) is 6.10 Å². The first-order valence-electron chi connectivity index (χ1n) is 7.39. The average molecular weight is 296 g/mol. The predicted octanol–water partition coefficient (Wildman–Crippen LogP) is 2.22. The van der Waals surface area contributed by atoms with Gasteiger partial charge in [-0.05, 0) is 34.6 Å². The summed E-state index contributed by atoms with van der Waals surface area (Å²) in [6.45, 7) is 9.05. The molecule has 1 aliphatic rings. The van der Waals surface area contributed by atoms with Crippen LogP contribution < -0.4 is 0 Å². The Labute approximate surface area is 124 Å². The number of nitrogens with zero attached hydrogens (tertiary/aromatic N) is 4. The zero-order valence-electron chi connectivity index (χ0n) is 13.1. The third kappa shape index (κ3) is 4.00. The van der Waals surface area contributed by atoms with Gasteiger partial charge in [-0.2, -0.15) is 0 Å². The summed E-state index contributed by atoms with van der Waals surface area (Å²) in [5.41, 5.74) is -0.00845. The molecule has 3 atom stereocenters. The average Bonchev–Trinajstić information content (AvgIpc) is 2.93. The van der Waals surface area contributed by atoms with Gasteiger partial charge in [0.15, 0.2) is 5.82 Å². The molecule has 7 nitrogen and oxygen atoms in total. The van der Waals surface area contributed by atoms with Crippen LogP contribution in [0.2, 0.25) is 0 Å². The molecule has 0 amide bonds. The molecule has 0 aromatic carbocycles. The normalized spacial score (nSPS) is 24.2. The number of aromatic nitrogens is 4. The van der Waals surface area contributed by atoms with E-state index in [1.54, 1.807) is 4.68 Å². The first-order chi connectivity index (χ1) is 9.78. The maximum Gasteiger partial charge on any atom is 0.305 e. The lowest BCUT2D eigenvalue weighted by Crippen LogP contribution is -2.24. The number of rotatable bonds is 5. The van der Waals surface area contributed by atoms with Gasteiger partial charge in [0.2, 0.25) is 0 Å². The lowest BCUT2D eigenvalue weighted by Gasteiger charge is -2.26. The molecule has 2 heterocycles. The van der Waals surface area contributed by atoms with Crippen LogP contribution in [0.25, 0.3) is 0 Å². The fourth-order valence-electron chi connectivity index (χ4n) is 2.83. The van der Waals surface area contributed by atoms with Gasteiger partial charge in [0.05, 0.1) is 12.5 Å². The molecule has 0 spiro atoms. The Morgan fingerprint density at radius 3 is 2.76 bits per heavy atom. The van der Waals surface area contributed by atoms with Crippen LogP contribution in [0, 0.1) is 11.3 Å². The number of hydrogen-bond donors (Lipinski definition) is 1. The van der Waals surface area contributed by atoms with Crippen molar-refractivity contribution in [3.63, 3.8) is 0 Å². The van der Waals surface area contributed by atoms with Crippen molar-refractivity contribution in [3.8, 4) is 0 Å². The number of carboxylic acids is 1. The topological polar surface area (TPSA) is 90.1 Å². The number of carboxylic acid groups (broad SMARTS) is 1. The highest BCUT2D eigenvalue weighted by Gasteiger charge is 2.34. The number of ether oxygens (including phenoxy) is 1. The standard InChI is InChI=1S/C14H24N4O3/c1-9-5-6-21-12(9)13-15-16-17-18(13)10(7-11(19)20)8-14(2,3)4/h9-10,12H,5-8H2,1-4H3,(H,19,20). The van der Waals surface area contributed by atoms with Gasteiger partial charge in [0.25, 0.3) is 0 Å². The molecule has 1 saturated heterocycles. The Hall–Kier alpha value is -1.50. The van der Waals surface area contributed by atoms with Crippen molar-refractivity contribution in [2.24, 2.45) is 11.3 Å². The summed E-state index contributed by atoms with van der Waals surface area (Å²) >= 11 is 0. The van der Waals surface area contributed by atoms with Crippen LogP contribution in [0.3, 0.4) is 0 Å². The second kappa shape index (κ2) is 6.09. The van der Waals surface area contributed by atoms with E-state index in [0.717, 1.165) is 6.42 Å². The Morgan fingerprint density at radius 2 is 2.24 bits per heavy atom. The minimum Gasteiger partial charge on any atom is -0.481 e. The molecule has 2 rings (SSSR count). The Balaban J connectivity index is 2.27. The first kappa shape index (κ1) is 15.9. The van der Waals surface area contributed by atoms with Crippen molar-refractivity contribution in [2.45, 2.75) is 59.1 Å². The fraction of sp³-hybridized carbons (Fsp3) is 0.857. The van der Waals surface area contributed by atoms with Crippen LogP contribution in [-0.2, 0) is 9.53 Å². The molecule has 1 aromatic heterocycles. The molecule has 0 bridgehead atoms. The van der Waals surface area contributed by atoms with Crippen LogP contribution >= 0.6 is 0 Å². The van der Waals surface area contributed by atoms with E-state index >= 15 is 0 Å². The van der Waals surface area contributed by atoms with Gasteiger partial charge in [0, 0.05) is 6.61 Å². The highest BCUT2D eigenvalue weighted by atomic mass is 16.5. The zero-order valence-corrected chi connectivity index (χ0v) is 13.1. The molecule has 3 unspecified atom stereocenters. The van der Waals surface area contributed by atoms with Gasteiger partial charge in [-0.3, -0.25) is 4.79 Å². The summed E-state index contributed by atoms with van der Waals surface area (Å²) in [6, 6.07) is -0.260. The Bertz CT molecular complexity index is 495. The summed E-state index contributed by atoms with van der Waals surface area (Å²) in [6.07, 6.45) is 1.53. The number of hydrogen-bond acceptors (Lipinski definition) is 5. The Kier molecular flexibility index (Phi) is 4.61. The number of carbonyl (C=O) groups is 1. The van der Waals surface area contributed by atoms with Crippen molar-refractivity contribution < 1.29 is 14.6 Å². The van der Waals surface area contributed by atoms with E-state index in [4.69, 9.17) is 4.74 Å². The van der Waals surface area contributed by atoms with E-state index in [9.17, 15) is 9.90 Å². The smallest absolute Gasteiger partial charge is 0.305 e. The molecule has 0 radical (unpaired) electrons. The van der Waals surface area contributed by atoms with E-state index in [0.29, 0.717) is 24.8 Å². The lowest BCUT2D eigenvalue weighted by molar-refractivity contribution is -0.138. The molecule has 1 N–H and O–H groups in total. The van der Waals surface area contributed by atoms with Crippen LogP contribution in [0.5, 0.6) is 0 Å². The van der Waals surface area contributed by atoms with Gasteiger partial charge in [-0.1, -0.05) is 27.7 Å². The monoisotopic (exact) mass is 296 g/mol. The maximum absolute atomic E-state index is 11.2. The number of tetrazole rings is 1. The van der Waals surface area contributed by atoms with Gasteiger partial charge in [-0.25, -0.2) is 4.68 Å². The highest BCUT2D eigenvalue weighted by Crippen LogP contribution is 2.36. The van der Waals surface area contributed by atoms with Crippen molar-refractivity contribution in [1.82, 2.24) is 20.2 Å². The van der Waals surface area contributed by atoms with Crippen molar-refractivity contribution >= 4 is 5.97 Å². The molecule has 1 aromatic rings. The van der Waals surface area contributed by atoms with E-state index in [2.05, 4.69) is 43.2 Å². The highest BCUT2D eigenvalue weighted by molar-refractivity contribution is 5.67. The second-order valence-corrected chi connectivity index (χ2v) is 7.06. The third-order valence-electron chi connectivity index (χ3n) is 3.76. The van der Waals surface area contributed by atoms with Crippen molar-refractivity contribution in [1.29, 1.82) is 0 Å². The van der Waals surface area contributed by atoms with Gasteiger partial charge < -0.3 is 9.84 Å². The summed E-state index contributed by atoms with van der Waals surface area (Å²) in [4.78, 5) is 11.2. The van der Waals surface area contributed by atoms with Crippen LogP contribution in [-0.4, -0.2) is 37.9 Å². The summed E-state index contributed by atoms with van der Waals surface area (Å²) < 4.78 is 7.38. The summed E-state index contributed by atoms with van der Waals surface area (Å²) in [5, 5.41) is 21.1. The predicted molar refractivity (Wildman–Crippen MR) is 75.7 cm³/mol. The maximum atomic E-state index is 11.2. The lowest BCUT2D eigenvalue weighted by atomic mass is 9.87. The minimum absolute atomic E-state index is 0.00845. The molecule has 21 heavy (non-hydrogen) atoms. The minimum atomic E-state index is -0.842. The largest absolute Gasteiger partial charge is 0.481 e. The summed E-state index contributed by atoms with van der Waals surface area (Å²) in [7, 11) is 0. The van der Waals surface area contributed by atoms with E-state index in [1.165, 1.54) is 0 Å². The SMILES string of the molecule is CC1CCOC1c1nnnn1C(CC(=O)O)CC(C)(C)C. The molecular formula is C14H24N4O3. The van der Waals surface area contributed by atoms with Crippen molar-refractivity contribution in [2.75, 3.05) is 6.61 Å². The van der Waals surface area contributed by atoms with Crippen LogP contribution in [0.1, 0.15) is 64.9 Å². The van der Waals surface area contributed by atoms with E-state index in [1.807, 2.05) is 0 Å². The summed E-state index contributed by atoms with van der Waals surface area (Å²) in [5.74, 6) is 0.149. The molecule has 1 aliphatic heterocycles. The molecule has 118 valence electrons. The quantitative estimate of drug-likeness (QED) is 0.896. The van der Waals surface area contributed by atoms with Gasteiger partial charge >= 0.3 is 5.97 Å². The first-order valence-corrected chi connectivity index (χ1v) is 7.39. The molecule has 0 aliphatic carbocycles. The van der Waals surface area contributed by atoms with E-state index < -0.39 is 5.97 Å². The fourth-order valence-corrected chi connectivity index (χ4v) is 2.83. The van der Waals surface area contributed by atoms with E-state index in [-0.39, 0.29) is 24.0 Å². The second-order valence-electron chi connectivity index (χ2n) is 7.06.